The van der Waals surface area contributed by atoms with Crippen molar-refractivity contribution in [2.45, 2.75) is 63.5 Å². The number of piperidine rings is 1. The molecule has 2 unspecified atom stereocenters. The number of anilines is 1. The molecule has 2 aromatic heterocycles. The van der Waals surface area contributed by atoms with E-state index in [4.69, 9.17) is 13.6 Å². The van der Waals surface area contributed by atoms with E-state index in [-0.39, 0.29) is 6.61 Å². The number of nitrogens with zero attached hydrogens (tertiary/aromatic N) is 4. The van der Waals surface area contributed by atoms with Crippen LogP contribution in [0.15, 0.2) is 82.3 Å². The zero-order chi connectivity index (χ0) is 25.9. The lowest BCUT2D eigenvalue weighted by Gasteiger charge is -2.44. The van der Waals surface area contributed by atoms with Crippen LogP contribution in [0.5, 0.6) is 5.75 Å². The molecule has 2 aliphatic rings. The standard InChI is InChI=1S/C29H30N4O5/c34-29(35)21-3-1-20(2-4-21)17-32-23-5-6-24(32)16-25(15-23)33(18-27-30-11-13-36-27)22-7-9-26(10-8-22)38-19-28-31-12-14-37-28/h1-4,7-14,23-25H,5-6,15-19H2,(H,34,35). The molecule has 0 spiro atoms. The number of rotatable bonds is 10. The molecule has 196 valence electrons. The molecule has 4 heterocycles. The number of hydrogen-bond donors (Lipinski definition) is 1. The van der Waals surface area contributed by atoms with E-state index in [1.165, 1.54) is 19.1 Å². The maximum Gasteiger partial charge on any atom is 0.335 e. The third-order valence-electron chi connectivity index (χ3n) is 7.67. The van der Waals surface area contributed by atoms with Crippen molar-refractivity contribution in [1.82, 2.24) is 14.9 Å². The molecule has 0 amide bonds. The summed E-state index contributed by atoms with van der Waals surface area (Å²) >= 11 is 0. The van der Waals surface area contributed by atoms with Crippen LogP contribution >= 0.6 is 0 Å². The van der Waals surface area contributed by atoms with E-state index in [2.05, 4.69) is 31.9 Å². The van der Waals surface area contributed by atoms with Crippen molar-refractivity contribution in [3.8, 4) is 5.75 Å². The molecule has 2 fully saturated rings. The van der Waals surface area contributed by atoms with E-state index in [0.717, 1.165) is 36.4 Å². The molecule has 2 bridgehead atoms. The van der Waals surface area contributed by atoms with Crippen LogP contribution < -0.4 is 9.64 Å². The fraction of sp³-hybridized carbons (Fsp3) is 0.345. The van der Waals surface area contributed by atoms with Gasteiger partial charge in [-0.05, 0) is 67.6 Å². The normalized spacial score (nSPS) is 20.9. The Balaban J connectivity index is 1.16. The summed E-state index contributed by atoms with van der Waals surface area (Å²) in [6.45, 7) is 1.73. The van der Waals surface area contributed by atoms with Gasteiger partial charge in [0.15, 0.2) is 6.61 Å². The molecule has 1 N–H and O–H groups in total. The Morgan fingerprint density at radius 1 is 0.947 bits per heavy atom. The van der Waals surface area contributed by atoms with Gasteiger partial charge in [0.25, 0.3) is 0 Å². The number of fused-ring (bicyclic) bond motifs is 2. The highest BCUT2D eigenvalue weighted by atomic mass is 16.5. The molecule has 0 aliphatic carbocycles. The summed E-state index contributed by atoms with van der Waals surface area (Å²) < 4.78 is 16.7. The fourth-order valence-electron chi connectivity index (χ4n) is 5.83. The molecule has 2 aliphatic heterocycles. The van der Waals surface area contributed by atoms with E-state index in [1.54, 1.807) is 30.8 Å². The minimum absolute atomic E-state index is 0.285. The summed E-state index contributed by atoms with van der Waals surface area (Å²) in [5, 5.41) is 9.20. The minimum Gasteiger partial charge on any atom is -0.484 e. The average molecular weight is 515 g/mol. The van der Waals surface area contributed by atoms with Crippen molar-refractivity contribution in [3.63, 3.8) is 0 Å². The minimum atomic E-state index is -0.891. The first kappa shape index (κ1) is 24.2. The van der Waals surface area contributed by atoms with Crippen LogP contribution in [0.25, 0.3) is 0 Å². The number of carboxylic acid groups (broad SMARTS) is 1. The number of ether oxygens (including phenoxy) is 1. The lowest BCUT2D eigenvalue weighted by molar-refractivity contribution is 0.0696. The number of benzene rings is 2. The Morgan fingerprint density at radius 2 is 1.61 bits per heavy atom. The summed E-state index contributed by atoms with van der Waals surface area (Å²) in [4.78, 5) is 24.7. The van der Waals surface area contributed by atoms with E-state index in [9.17, 15) is 9.90 Å². The Labute approximate surface area is 220 Å². The van der Waals surface area contributed by atoms with Gasteiger partial charge in [-0.25, -0.2) is 14.8 Å². The molecule has 0 radical (unpaired) electrons. The van der Waals surface area contributed by atoms with Crippen LogP contribution in [0.2, 0.25) is 0 Å². The Morgan fingerprint density at radius 3 is 2.21 bits per heavy atom. The van der Waals surface area contributed by atoms with E-state index < -0.39 is 5.97 Å². The summed E-state index contributed by atoms with van der Waals surface area (Å²) in [5.41, 5.74) is 2.59. The van der Waals surface area contributed by atoms with E-state index in [0.29, 0.717) is 42.0 Å². The van der Waals surface area contributed by atoms with Crippen molar-refractivity contribution >= 4 is 11.7 Å². The maximum atomic E-state index is 11.2. The molecular formula is C29H30N4O5. The van der Waals surface area contributed by atoms with Crippen molar-refractivity contribution in [3.05, 3.63) is 96.4 Å². The van der Waals surface area contributed by atoms with Gasteiger partial charge in [0.2, 0.25) is 11.8 Å². The SMILES string of the molecule is O=C(O)c1ccc(CN2C3CCC2CC(N(Cc2ncco2)c2ccc(OCc4ncco4)cc2)C3)cc1. The number of aromatic carboxylic acids is 1. The Kier molecular flexibility index (Phi) is 6.83. The predicted octanol–water partition coefficient (Wildman–Crippen LogP) is 5.14. The highest BCUT2D eigenvalue weighted by Crippen LogP contribution is 2.40. The monoisotopic (exact) mass is 514 g/mol. The van der Waals surface area contributed by atoms with Gasteiger partial charge < -0.3 is 23.6 Å². The van der Waals surface area contributed by atoms with Crippen LogP contribution in [0.4, 0.5) is 5.69 Å². The van der Waals surface area contributed by atoms with E-state index >= 15 is 0 Å². The third-order valence-corrected chi connectivity index (χ3v) is 7.67. The van der Waals surface area contributed by atoms with Crippen LogP contribution in [0.3, 0.4) is 0 Å². The van der Waals surface area contributed by atoms with Gasteiger partial charge in [0.1, 0.15) is 18.3 Å². The van der Waals surface area contributed by atoms with Crippen molar-refractivity contribution in [1.29, 1.82) is 0 Å². The average Bonchev–Trinajstić information content (AvgIpc) is 3.69. The second kappa shape index (κ2) is 10.7. The Bertz CT molecular complexity index is 1310. The summed E-state index contributed by atoms with van der Waals surface area (Å²) in [6, 6.07) is 16.7. The number of aromatic nitrogens is 2. The van der Waals surface area contributed by atoms with Gasteiger partial charge >= 0.3 is 5.97 Å². The molecule has 9 heteroatoms. The second-order valence-corrected chi connectivity index (χ2v) is 9.95. The van der Waals surface area contributed by atoms with Gasteiger partial charge in [-0.1, -0.05) is 12.1 Å². The summed E-state index contributed by atoms with van der Waals surface area (Å²) in [6.07, 6.45) is 10.9. The molecule has 38 heavy (non-hydrogen) atoms. The summed E-state index contributed by atoms with van der Waals surface area (Å²) in [5.74, 6) is 1.10. The summed E-state index contributed by atoms with van der Waals surface area (Å²) in [7, 11) is 0. The van der Waals surface area contributed by atoms with Crippen LogP contribution in [-0.2, 0) is 19.7 Å². The van der Waals surface area contributed by atoms with Crippen molar-refractivity contribution in [2.24, 2.45) is 0 Å². The van der Waals surface area contributed by atoms with Crippen LogP contribution in [0, 0.1) is 0 Å². The van der Waals surface area contributed by atoms with Gasteiger partial charge in [-0.2, -0.15) is 0 Å². The van der Waals surface area contributed by atoms with Crippen molar-refractivity contribution < 1.29 is 23.5 Å². The number of carboxylic acids is 1. The maximum absolute atomic E-state index is 11.2. The molecule has 0 saturated carbocycles. The molecule has 2 aromatic carbocycles. The second-order valence-electron chi connectivity index (χ2n) is 9.95. The molecule has 6 rings (SSSR count). The van der Waals surface area contributed by atoms with Crippen LogP contribution in [-0.4, -0.2) is 44.1 Å². The van der Waals surface area contributed by atoms with Gasteiger partial charge in [0, 0.05) is 30.4 Å². The largest absolute Gasteiger partial charge is 0.484 e. The quantitative estimate of drug-likeness (QED) is 0.308. The van der Waals surface area contributed by atoms with Crippen LogP contribution in [0.1, 0.15) is 53.4 Å². The number of carbonyl (C=O) groups is 1. The zero-order valence-corrected chi connectivity index (χ0v) is 21.0. The zero-order valence-electron chi connectivity index (χ0n) is 21.0. The number of oxazole rings is 2. The predicted molar refractivity (Wildman–Crippen MR) is 139 cm³/mol. The lowest BCUT2D eigenvalue weighted by Crippen LogP contribution is -2.50. The highest BCUT2D eigenvalue weighted by Gasteiger charge is 2.42. The third kappa shape index (κ3) is 5.28. The van der Waals surface area contributed by atoms with E-state index in [1.807, 2.05) is 24.3 Å². The van der Waals surface area contributed by atoms with Gasteiger partial charge in [0.05, 0.1) is 24.5 Å². The van der Waals surface area contributed by atoms with Gasteiger partial charge in [-0.3, -0.25) is 4.90 Å². The molecule has 9 nitrogen and oxygen atoms in total. The Hall–Kier alpha value is -4.11. The highest BCUT2D eigenvalue weighted by molar-refractivity contribution is 5.87. The first-order valence-electron chi connectivity index (χ1n) is 13.0. The van der Waals surface area contributed by atoms with Gasteiger partial charge in [-0.15, -0.1) is 0 Å². The van der Waals surface area contributed by atoms with Crippen molar-refractivity contribution in [2.75, 3.05) is 4.90 Å². The molecular weight excluding hydrogens is 484 g/mol. The smallest absolute Gasteiger partial charge is 0.335 e. The first-order chi connectivity index (χ1) is 18.6. The first-order valence-corrected chi connectivity index (χ1v) is 13.0. The topological polar surface area (TPSA) is 105 Å². The number of hydrogen-bond acceptors (Lipinski definition) is 8. The lowest BCUT2D eigenvalue weighted by atomic mass is 9.94. The fourth-order valence-corrected chi connectivity index (χ4v) is 5.83. The molecule has 4 aromatic rings. The molecule has 2 atom stereocenters. The molecule has 2 saturated heterocycles.